The molecule has 0 fully saturated rings. The van der Waals surface area contributed by atoms with Crippen LogP contribution in [0.4, 0.5) is 4.79 Å². The summed E-state index contributed by atoms with van der Waals surface area (Å²) in [5.74, 6) is 0.322. The lowest BCUT2D eigenvalue weighted by molar-refractivity contribution is 0.137. The Balaban J connectivity index is 0.000000164. The number of benzene rings is 2. The topological polar surface area (TPSA) is 119 Å². The van der Waals surface area contributed by atoms with Gasteiger partial charge in [0, 0.05) is 0 Å². The monoisotopic (exact) mass is 275 g/mol. The van der Waals surface area contributed by atoms with E-state index in [0.717, 1.165) is 11.0 Å². The molecule has 0 aliphatic heterocycles. The van der Waals surface area contributed by atoms with Crippen LogP contribution in [0.25, 0.3) is 11.0 Å². The molecule has 2 aromatic carbocycles. The molecule has 0 bridgehead atoms. The summed E-state index contributed by atoms with van der Waals surface area (Å²) in [7, 11) is 0. The van der Waals surface area contributed by atoms with E-state index < -0.39 is 6.16 Å². The number of hydrogen-bond acceptors (Lipinski definition) is 4. The third kappa shape index (κ3) is 6.01. The lowest BCUT2D eigenvalue weighted by Crippen LogP contribution is -1.81. The molecule has 1 heterocycles. The van der Waals surface area contributed by atoms with Gasteiger partial charge >= 0.3 is 6.16 Å². The van der Waals surface area contributed by atoms with Crippen molar-refractivity contribution in [3.05, 3.63) is 54.6 Å². The average molecular weight is 275 g/mol. The van der Waals surface area contributed by atoms with Crippen LogP contribution in [0.3, 0.4) is 0 Å². The maximum absolute atomic E-state index is 8.63. The van der Waals surface area contributed by atoms with Gasteiger partial charge < -0.3 is 15.3 Å². The molecule has 0 amide bonds. The van der Waals surface area contributed by atoms with E-state index in [0.29, 0.717) is 5.75 Å². The van der Waals surface area contributed by atoms with Crippen molar-refractivity contribution >= 4 is 17.2 Å². The fourth-order valence-electron chi connectivity index (χ4n) is 1.22. The molecule has 0 spiro atoms. The number of aromatic nitrogens is 3. The highest BCUT2D eigenvalue weighted by Crippen LogP contribution is 2.03. The van der Waals surface area contributed by atoms with Crippen LogP contribution in [0.1, 0.15) is 0 Å². The molecule has 3 aromatic rings. The zero-order chi connectivity index (χ0) is 14.8. The van der Waals surface area contributed by atoms with Crippen LogP contribution in [-0.4, -0.2) is 36.9 Å². The van der Waals surface area contributed by atoms with Crippen molar-refractivity contribution in [1.29, 1.82) is 0 Å². The number of H-pyrrole nitrogens is 1. The molecule has 0 aliphatic rings. The fraction of sp³-hybridized carbons (Fsp3) is 0. The molecule has 0 aliphatic carbocycles. The normalized spacial score (nSPS) is 8.80. The third-order valence-electron chi connectivity index (χ3n) is 1.99. The highest BCUT2D eigenvalue weighted by atomic mass is 16.6. The molecule has 0 atom stereocenters. The van der Waals surface area contributed by atoms with E-state index in [-0.39, 0.29) is 0 Å². The second kappa shape index (κ2) is 8.09. The van der Waals surface area contributed by atoms with Crippen molar-refractivity contribution < 1.29 is 20.1 Å². The van der Waals surface area contributed by atoms with E-state index in [1.54, 1.807) is 24.3 Å². The summed E-state index contributed by atoms with van der Waals surface area (Å²) in [6, 6.07) is 16.4. The number of aromatic hydroxyl groups is 1. The van der Waals surface area contributed by atoms with Gasteiger partial charge in [0.1, 0.15) is 11.3 Å². The van der Waals surface area contributed by atoms with Gasteiger partial charge in [0.05, 0.1) is 5.52 Å². The number of carboxylic acid groups (broad SMARTS) is 2. The summed E-state index contributed by atoms with van der Waals surface area (Å²) in [6.07, 6.45) is -1.83. The number of rotatable bonds is 0. The molecule has 4 N–H and O–H groups in total. The quantitative estimate of drug-likeness (QED) is 0.500. The largest absolute Gasteiger partial charge is 0.508 e. The first-order valence-electron chi connectivity index (χ1n) is 5.51. The highest BCUT2D eigenvalue weighted by molar-refractivity contribution is 5.72. The van der Waals surface area contributed by atoms with Gasteiger partial charge in [0.25, 0.3) is 0 Å². The predicted molar refractivity (Wildman–Crippen MR) is 72.6 cm³/mol. The van der Waals surface area contributed by atoms with Gasteiger partial charge in [-0.05, 0) is 24.3 Å². The second-order valence-electron chi connectivity index (χ2n) is 3.45. The van der Waals surface area contributed by atoms with E-state index >= 15 is 0 Å². The SMILES string of the molecule is O=C(O)O.Oc1ccccc1.c1ccc2[nH]nnc2c1. The smallest absolute Gasteiger partial charge is 0.503 e. The fourth-order valence-corrected chi connectivity index (χ4v) is 1.22. The van der Waals surface area contributed by atoms with Gasteiger partial charge in [0.15, 0.2) is 0 Å². The molecule has 0 saturated carbocycles. The first-order valence-corrected chi connectivity index (χ1v) is 5.51. The number of nitrogens with one attached hydrogen (secondary N) is 1. The molecule has 3 rings (SSSR count). The molecule has 20 heavy (non-hydrogen) atoms. The molecular formula is C13H13N3O4. The molecule has 7 nitrogen and oxygen atoms in total. The Morgan fingerprint density at radius 1 is 0.950 bits per heavy atom. The molecule has 1 aromatic heterocycles. The maximum Gasteiger partial charge on any atom is 0.503 e. The van der Waals surface area contributed by atoms with Crippen LogP contribution in [0.15, 0.2) is 54.6 Å². The Morgan fingerprint density at radius 3 is 2.00 bits per heavy atom. The van der Waals surface area contributed by atoms with Crippen molar-refractivity contribution in [1.82, 2.24) is 15.4 Å². The molecule has 0 saturated heterocycles. The summed E-state index contributed by atoms with van der Waals surface area (Å²) in [6.45, 7) is 0. The van der Waals surface area contributed by atoms with Gasteiger partial charge in [-0.2, -0.15) is 0 Å². The lowest BCUT2D eigenvalue weighted by Gasteiger charge is -1.82. The Morgan fingerprint density at radius 2 is 1.50 bits per heavy atom. The minimum Gasteiger partial charge on any atom is -0.508 e. The average Bonchev–Trinajstić information content (AvgIpc) is 2.88. The molecule has 0 radical (unpaired) electrons. The summed E-state index contributed by atoms with van der Waals surface area (Å²) < 4.78 is 0. The number of hydrogen-bond donors (Lipinski definition) is 4. The minimum absolute atomic E-state index is 0.322. The van der Waals surface area contributed by atoms with Gasteiger partial charge in [0.2, 0.25) is 0 Å². The van der Waals surface area contributed by atoms with Gasteiger partial charge in [-0.15, -0.1) is 5.10 Å². The zero-order valence-corrected chi connectivity index (χ0v) is 10.3. The minimum atomic E-state index is -1.83. The summed E-state index contributed by atoms with van der Waals surface area (Å²) in [5, 5.41) is 32.8. The molecule has 7 heteroatoms. The number of aromatic amines is 1. The van der Waals surface area contributed by atoms with Crippen LogP contribution in [-0.2, 0) is 0 Å². The molecule has 0 unspecified atom stereocenters. The standard InChI is InChI=1S/C6H5N3.C6H6O.CH2O3/c1-2-4-6-5(3-1)7-9-8-6;7-6-4-2-1-3-5-6;2-1(3)4/h1-4H,(H,7,8,9);1-5,7H;(H2,2,3,4). The van der Waals surface area contributed by atoms with Gasteiger partial charge in [-0.25, -0.2) is 4.79 Å². The summed E-state index contributed by atoms with van der Waals surface area (Å²) in [4.78, 5) is 8.56. The maximum atomic E-state index is 8.63. The van der Waals surface area contributed by atoms with Crippen molar-refractivity contribution in [2.75, 3.05) is 0 Å². The van der Waals surface area contributed by atoms with E-state index in [9.17, 15) is 0 Å². The number of phenolic OH excluding ortho intramolecular Hbond substituents is 1. The number of carbonyl (C=O) groups is 1. The molecular weight excluding hydrogens is 262 g/mol. The summed E-state index contributed by atoms with van der Waals surface area (Å²) >= 11 is 0. The van der Waals surface area contributed by atoms with Gasteiger partial charge in [-0.3, -0.25) is 5.10 Å². The number of fused-ring (bicyclic) bond motifs is 1. The Hall–Kier alpha value is -3.09. The first-order chi connectivity index (χ1) is 9.59. The number of nitrogens with zero attached hydrogens (tertiary/aromatic N) is 2. The predicted octanol–water partition coefficient (Wildman–Crippen LogP) is 2.57. The van der Waals surface area contributed by atoms with E-state index in [1.807, 2.05) is 30.3 Å². The Kier molecular flexibility index (Phi) is 6.05. The Bertz CT molecular complexity index is 606. The summed E-state index contributed by atoms with van der Waals surface area (Å²) in [5.41, 5.74) is 1.90. The van der Waals surface area contributed by atoms with Crippen LogP contribution in [0.2, 0.25) is 0 Å². The van der Waals surface area contributed by atoms with Crippen molar-refractivity contribution in [2.45, 2.75) is 0 Å². The second-order valence-corrected chi connectivity index (χ2v) is 3.45. The van der Waals surface area contributed by atoms with E-state index in [4.69, 9.17) is 20.1 Å². The van der Waals surface area contributed by atoms with E-state index in [2.05, 4.69) is 15.4 Å². The van der Waals surface area contributed by atoms with E-state index in [1.165, 1.54) is 0 Å². The number of para-hydroxylation sites is 2. The first kappa shape index (κ1) is 15.0. The van der Waals surface area contributed by atoms with Crippen molar-refractivity contribution in [3.8, 4) is 5.75 Å². The highest BCUT2D eigenvalue weighted by Gasteiger charge is 1.90. The Labute approximate surface area is 114 Å². The lowest BCUT2D eigenvalue weighted by atomic mass is 10.3. The van der Waals surface area contributed by atoms with Crippen molar-refractivity contribution in [2.24, 2.45) is 0 Å². The van der Waals surface area contributed by atoms with Gasteiger partial charge in [-0.1, -0.05) is 35.5 Å². The van der Waals surface area contributed by atoms with Crippen molar-refractivity contribution in [3.63, 3.8) is 0 Å². The third-order valence-corrected chi connectivity index (χ3v) is 1.99. The van der Waals surface area contributed by atoms with Crippen LogP contribution in [0.5, 0.6) is 5.75 Å². The molecule has 104 valence electrons. The number of phenols is 1. The van der Waals surface area contributed by atoms with Crippen LogP contribution in [0, 0.1) is 0 Å². The van der Waals surface area contributed by atoms with Crippen LogP contribution >= 0.6 is 0 Å². The zero-order valence-electron chi connectivity index (χ0n) is 10.3. The van der Waals surface area contributed by atoms with Crippen LogP contribution < -0.4 is 0 Å².